The summed E-state index contributed by atoms with van der Waals surface area (Å²) >= 11 is 1.28. The first-order valence-electron chi connectivity index (χ1n) is 10.8. The molecule has 1 N–H and O–H groups in total. The number of ether oxygens (including phenoxy) is 1. The number of hydrogen-bond donors (Lipinski definition) is 1. The second kappa shape index (κ2) is 9.06. The molecule has 2 aromatic heterocycles. The summed E-state index contributed by atoms with van der Waals surface area (Å²) in [5.41, 5.74) is 0.445. The lowest BCUT2D eigenvalue weighted by atomic mass is 10.1. The number of carbonyl (C=O) groups excluding carboxylic acids is 1. The lowest BCUT2D eigenvalue weighted by Gasteiger charge is -2.15. The summed E-state index contributed by atoms with van der Waals surface area (Å²) < 4.78 is 27.2. The van der Waals surface area contributed by atoms with Crippen molar-refractivity contribution in [3.63, 3.8) is 0 Å². The van der Waals surface area contributed by atoms with Crippen LogP contribution < -0.4 is 10.2 Å². The van der Waals surface area contributed by atoms with E-state index in [1.54, 1.807) is 36.5 Å². The molecule has 1 aliphatic heterocycles. The Kier molecular flexibility index (Phi) is 4.98. The maximum absolute atomic E-state index is 12.8. The lowest BCUT2D eigenvalue weighted by molar-refractivity contribution is -0.126. The highest BCUT2D eigenvalue weighted by atomic mass is 32.1. The van der Waals surface area contributed by atoms with Gasteiger partial charge < -0.3 is 9.64 Å². The second-order valence-electron chi connectivity index (χ2n) is 6.79. The Morgan fingerprint density at radius 3 is 3.00 bits per heavy atom. The Labute approximate surface area is 177 Å². The SMILES string of the molecule is [2H]C([2H])([2H])O[C@@H](C(=O)Nc1nnc(C[C@@H]2CCN(c3cccnn3)C2)s1)c1ccccc1. The number of rotatable bonds is 7. The van der Waals surface area contributed by atoms with Gasteiger partial charge in [0.2, 0.25) is 5.13 Å². The molecule has 0 aliphatic carbocycles. The third-order valence-electron chi connectivity index (χ3n) is 4.79. The molecule has 1 amide bonds. The number of nitrogens with zero attached hydrogens (tertiary/aromatic N) is 5. The van der Waals surface area contributed by atoms with Crippen molar-refractivity contribution in [3.8, 4) is 0 Å². The topological polar surface area (TPSA) is 93.1 Å². The molecule has 4 rings (SSSR count). The van der Waals surface area contributed by atoms with E-state index in [2.05, 4.69) is 30.6 Å². The van der Waals surface area contributed by atoms with Crippen LogP contribution in [0, 0.1) is 5.92 Å². The molecule has 3 heterocycles. The minimum absolute atomic E-state index is 0.309. The van der Waals surface area contributed by atoms with E-state index in [1.165, 1.54) is 11.3 Å². The van der Waals surface area contributed by atoms with Crippen LogP contribution in [-0.4, -0.2) is 46.4 Å². The highest BCUT2D eigenvalue weighted by molar-refractivity contribution is 7.15. The molecule has 1 fully saturated rings. The number of benzene rings is 1. The Balaban J connectivity index is 1.37. The van der Waals surface area contributed by atoms with Crippen LogP contribution >= 0.6 is 11.3 Å². The minimum Gasteiger partial charge on any atom is -0.367 e. The Bertz CT molecular complexity index is 1030. The van der Waals surface area contributed by atoms with Gasteiger partial charge >= 0.3 is 0 Å². The van der Waals surface area contributed by atoms with Crippen molar-refractivity contribution in [2.24, 2.45) is 5.92 Å². The van der Waals surface area contributed by atoms with Gasteiger partial charge in [0.1, 0.15) is 5.01 Å². The van der Waals surface area contributed by atoms with Crippen molar-refractivity contribution in [3.05, 3.63) is 59.2 Å². The average molecular weight is 414 g/mol. The fourth-order valence-electron chi connectivity index (χ4n) is 3.37. The Hall–Kier alpha value is -2.91. The zero-order valence-corrected chi connectivity index (χ0v) is 16.4. The molecule has 0 unspecified atom stereocenters. The van der Waals surface area contributed by atoms with Gasteiger partial charge in [0.15, 0.2) is 11.9 Å². The highest BCUT2D eigenvalue weighted by Gasteiger charge is 2.26. The van der Waals surface area contributed by atoms with E-state index in [0.717, 1.165) is 36.8 Å². The van der Waals surface area contributed by atoms with Gasteiger partial charge in [-0.25, -0.2) is 0 Å². The summed E-state index contributed by atoms with van der Waals surface area (Å²) in [5.74, 6) is 0.649. The smallest absolute Gasteiger partial charge is 0.259 e. The molecule has 3 aromatic rings. The summed E-state index contributed by atoms with van der Waals surface area (Å²) in [4.78, 5) is 15.0. The summed E-state index contributed by atoms with van der Waals surface area (Å²) in [7, 11) is -2.72. The number of methoxy groups -OCH3 is 1. The first-order chi connectivity index (χ1) is 15.4. The van der Waals surface area contributed by atoms with E-state index in [4.69, 9.17) is 8.85 Å². The quantitative estimate of drug-likeness (QED) is 0.636. The standard InChI is InChI=1S/C20H22N6O2S/c1-28-18(15-6-3-2-4-7-15)19(27)22-20-25-24-17(29-20)12-14-9-11-26(13-14)16-8-5-10-21-23-16/h2-8,10,14,18H,9,11-13H2,1H3,(H,22,25,27)/t14-,18+/m0/s1/i1D3. The molecule has 150 valence electrons. The summed E-state index contributed by atoms with van der Waals surface area (Å²) in [6.07, 6.45) is 2.10. The number of hydrogen-bond acceptors (Lipinski definition) is 8. The van der Waals surface area contributed by atoms with Crippen molar-refractivity contribution < 1.29 is 13.6 Å². The van der Waals surface area contributed by atoms with Gasteiger partial charge in [-0.3, -0.25) is 10.1 Å². The van der Waals surface area contributed by atoms with Crippen LogP contribution in [0.15, 0.2) is 48.7 Å². The third-order valence-corrected chi connectivity index (χ3v) is 5.65. The first-order valence-corrected chi connectivity index (χ1v) is 10.1. The predicted octanol–water partition coefficient (Wildman–Crippen LogP) is 2.72. The van der Waals surface area contributed by atoms with Gasteiger partial charge in [-0.05, 0) is 30.0 Å². The largest absolute Gasteiger partial charge is 0.367 e. The molecule has 0 saturated carbocycles. The van der Waals surface area contributed by atoms with Gasteiger partial charge in [0.25, 0.3) is 5.91 Å². The van der Waals surface area contributed by atoms with Crippen molar-refractivity contribution in [1.82, 2.24) is 20.4 Å². The number of amides is 1. The molecule has 8 nitrogen and oxygen atoms in total. The molecule has 1 aromatic carbocycles. The molecule has 1 saturated heterocycles. The van der Waals surface area contributed by atoms with Crippen LogP contribution in [0.3, 0.4) is 0 Å². The van der Waals surface area contributed by atoms with Gasteiger partial charge in [-0.1, -0.05) is 41.7 Å². The van der Waals surface area contributed by atoms with Gasteiger partial charge in [0.05, 0.1) is 4.11 Å². The van der Waals surface area contributed by atoms with Crippen LogP contribution in [0.5, 0.6) is 0 Å². The lowest BCUT2D eigenvalue weighted by Crippen LogP contribution is -2.22. The second-order valence-corrected chi connectivity index (χ2v) is 7.85. The van der Waals surface area contributed by atoms with Crippen LogP contribution in [0.1, 0.15) is 27.2 Å². The Morgan fingerprint density at radius 1 is 1.31 bits per heavy atom. The molecule has 1 aliphatic rings. The van der Waals surface area contributed by atoms with Crippen LogP contribution in [0.25, 0.3) is 0 Å². The van der Waals surface area contributed by atoms with E-state index in [-0.39, 0.29) is 0 Å². The highest BCUT2D eigenvalue weighted by Crippen LogP contribution is 2.27. The molecule has 0 spiro atoms. The fourth-order valence-corrected chi connectivity index (χ4v) is 4.23. The minimum atomic E-state index is -2.72. The molecule has 0 radical (unpaired) electrons. The third kappa shape index (κ3) is 4.75. The molecule has 0 bridgehead atoms. The first kappa shape index (κ1) is 15.9. The molecular formula is C20H22N6O2S. The van der Waals surface area contributed by atoms with Crippen LogP contribution in [0.4, 0.5) is 10.9 Å². The molecule has 2 atom stereocenters. The van der Waals surface area contributed by atoms with Gasteiger partial charge in [0, 0.05) is 32.7 Å². The van der Waals surface area contributed by atoms with Crippen LogP contribution in [0.2, 0.25) is 0 Å². The number of aromatic nitrogens is 4. The maximum Gasteiger partial charge on any atom is 0.259 e. The van der Waals surface area contributed by atoms with E-state index < -0.39 is 19.0 Å². The summed E-state index contributed by atoms with van der Waals surface area (Å²) in [5, 5.41) is 20.1. The predicted molar refractivity (Wildman–Crippen MR) is 111 cm³/mol. The summed E-state index contributed by atoms with van der Waals surface area (Å²) in [6, 6.07) is 12.3. The summed E-state index contributed by atoms with van der Waals surface area (Å²) in [6.45, 7) is 1.75. The number of nitrogens with one attached hydrogen (secondary N) is 1. The van der Waals surface area contributed by atoms with E-state index in [1.807, 2.05) is 12.1 Å². The molecule has 29 heavy (non-hydrogen) atoms. The van der Waals surface area contributed by atoms with Crippen molar-refractivity contribution in [2.75, 3.05) is 30.3 Å². The normalized spacial score (nSPS) is 19.2. The fraction of sp³-hybridized carbons (Fsp3) is 0.350. The number of anilines is 2. The Morgan fingerprint density at radius 2 is 2.21 bits per heavy atom. The molecular weight excluding hydrogens is 388 g/mol. The van der Waals surface area contributed by atoms with Crippen molar-refractivity contribution in [2.45, 2.75) is 18.9 Å². The van der Waals surface area contributed by atoms with E-state index >= 15 is 0 Å². The zero-order chi connectivity index (χ0) is 22.6. The maximum atomic E-state index is 12.8. The zero-order valence-electron chi connectivity index (χ0n) is 18.6. The van der Waals surface area contributed by atoms with Crippen molar-refractivity contribution in [1.29, 1.82) is 0 Å². The van der Waals surface area contributed by atoms with E-state index in [0.29, 0.717) is 16.6 Å². The monoisotopic (exact) mass is 413 g/mol. The van der Waals surface area contributed by atoms with E-state index in [9.17, 15) is 4.79 Å². The van der Waals surface area contributed by atoms with Crippen LogP contribution in [-0.2, 0) is 16.0 Å². The van der Waals surface area contributed by atoms with Crippen molar-refractivity contribution >= 4 is 28.2 Å². The average Bonchev–Trinajstić information content (AvgIpc) is 3.42. The molecule has 9 heteroatoms. The van der Waals surface area contributed by atoms with Gasteiger partial charge in [-0.15, -0.1) is 15.3 Å². The van der Waals surface area contributed by atoms with Gasteiger partial charge in [-0.2, -0.15) is 5.10 Å². The number of carbonyl (C=O) groups is 1.